The van der Waals surface area contributed by atoms with Crippen molar-refractivity contribution in [1.82, 2.24) is 19.7 Å². The predicted octanol–water partition coefficient (Wildman–Crippen LogP) is 3.23. The molecule has 0 spiro atoms. The molecule has 4 rings (SSSR count). The lowest BCUT2D eigenvalue weighted by atomic mass is 9.87. The highest BCUT2D eigenvalue weighted by atomic mass is 32.2. The first-order valence-electron chi connectivity index (χ1n) is 9.11. The number of nitriles is 1. The molecular formula is C19H20N6O2S. The second-order valence-electron chi connectivity index (χ2n) is 7.12. The molecule has 0 bridgehead atoms. The number of nitrogens with one attached hydrogen (secondary N) is 1. The number of hydrogen-bond donors (Lipinski definition) is 1. The van der Waals surface area contributed by atoms with Crippen molar-refractivity contribution in [2.24, 2.45) is 5.92 Å². The number of sulfone groups is 1. The average Bonchev–Trinajstić information content (AvgIpc) is 3.11. The van der Waals surface area contributed by atoms with Crippen molar-refractivity contribution < 1.29 is 8.42 Å². The van der Waals surface area contributed by atoms with Crippen LogP contribution in [0.3, 0.4) is 0 Å². The van der Waals surface area contributed by atoms with Gasteiger partial charge in [0.2, 0.25) is 5.95 Å². The summed E-state index contributed by atoms with van der Waals surface area (Å²) in [6.45, 7) is 0. The van der Waals surface area contributed by atoms with Gasteiger partial charge in [0, 0.05) is 24.1 Å². The quantitative estimate of drug-likeness (QED) is 0.720. The van der Waals surface area contributed by atoms with E-state index >= 15 is 0 Å². The maximum atomic E-state index is 11.6. The van der Waals surface area contributed by atoms with Crippen LogP contribution in [0.5, 0.6) is 0 Å². The molecule has 0 aliphatic heterocycles. The molecule has 0 saturated heterocycles. The molecule has 2 heterocycles. The van der Waals surface area contributed by atoms with Crippen LogP contribution in [0.15, 0.2) is 41.6 Å². The second kappa shape index (κ2) is 7.20. The van der Waals surface area contributed by atoms with Crippen LogP contribution in [-0.2, 0) is 9.84 Å². The molecule has 0 amide bonds. The molecule has 0 unspecified atom stereocenters. The third kappa shape index (κ3) is 3.68. The molecule has 2 aromatic heterocycles. The van der Waals surface area contributed by atoms with Gasteiger partial charge in [-0.1, -0.05) is 0 Å². The minimum Gasteiger partial charge on any atom is -0.324 e. The maximum Gasteiger partial charge on any atom is 0.229 e. The normalized spacial score (nSPS) is 20.0. The molecule has 0 atom stereocenters. The number of hydrogen-bond acceptors (Lipinski definition) is 7. The standard InChI is InChI=1S/C19H20N6O2S/c1-28(26,27)17-8-4-15(5-9-17)23-19-21-11-14-12-22-25(18(14)24-19)16-6-2-13(10-20)3-7-16/h4-5,8-9,11-13,16H,2-3,6-7H2,1H3,(H,21,23,24). The fraction of sp³-hybridized carbons (Fsp3) is 0.368. The van der Waals surface area contributed by atoms with Gasteiger partial charge in [-0.3, -0.25) is 0 Å². The van der Waals surface area contributed by atoms with Crippen molar-refractivity contribution in [1.29, 1.82) is 5.26 Å². The van der Waals surface area contributed by atoms with Crippen LogP contribution >= 0.6 is 0 Å². The van der Waals surface area contributed by atoms with Gasteiger partial charge in [0.05, 0.1) is 28.6 Å². The van der Waals surface area contributed by atoms with Crippen LogP contribution in [-0.4, -0.2) is 34.4 Å². The van der Waals surface area contributed by atoms with Gasteiger partial charge in [-0.2, -0.15) is 15.3 Å². The first-order valence-corrected chi connectivity index (χ1v) is 11.0. The van der Waals surface area contributed by atoms with E-state index in [2.05, 4.69) is 26.5 Å². The highest BCUT2D eigenvalue weighted by molar-refractivity contribution is 7.90. The monoisotopic (exact) mass is 396 g/mol. The number of fused-ring (bicyclic) bond motifs is 1. The third-order valence-electron chi connectivity index (χ3n) is 5.10. The van der Waals surface area contributed by atoms with Gasteiger partial charge in [0.1, 0.15) is 0 Å². The maximum absolute atomic E-state index is 11.6. The number of anilines is 2. The molecule has 1 N–H and O–H groups in total. The van der Waals surface area contributed by atoms with Crippen molar-refractivity contribution >= 4 is 32.5 Å². The van der Waals surface area contributed by atoms with E-state index in [1.54, 1.807) is 36.7 Å². The lowest BCUT2D eigenvalue weighted by Crippen LogP contribution is -2.18. The summed E-state index contributed by atoms with van der Waals surface area (Å²) in [6.07, 6.45) is 8.24. The molecule has 1 aliphatic rings. The molecule has 0 radical (unpaired) electrons. The Morgan fingerprint density at radius 3 is 2.50 bits per heavy atom. The van der Waals surface area contributed by atoms with Gasteiger partial charge in [0.15, 0.2) is 15.5 Å². The number of rotatable bonds is 4. The molecule has 28 heavy (non-hydrogen) atoms. The van der Waals surface area contributed by atoms with E-state index in [4.69, 9.17) is 5.26 Å². The van der Waals surface area contributed by atoms with Crippen molar-refractivity contribution in [2.45, 2.75) is 36.6 Å². The van der Waals surface area contributed by atoms with Crippen LogP contribution in [0.2, 0.25) is 0 Å². The zero-order valence-corrected chi connectivity index (χ0v) is 16.2. The Labute approximate surface area is 163 Å². The number of benzene rings is 1. The first-order chi connectivity index (χ1) is 13.4. The van der Waals surface area contributed by atoms with Crippen molar-refractivity contribution in [3.63, 3.8) is 0 Å². The smallest absolute Gasteiger partial charge is 0.229 e. The van der Waals surface area contributed by atoms with Crippen molar-refractivity contribution in [3.05, 3.63) is 36.7 Å². The molecule has 8 nitrogen and oxygen atoms in total. The van der Waals surface area contributed by atoms with Crippen molar-refractivity contribution in [3.8, 4) is 6.07 Å². The fourth-order valence-electron chi connectivity index (χ4n) is 3.53. The van der Waals surface area contributed by atoms with Gasteiger partial charge in [0.25, 0.3) is 0 Å². The topological polar surface area (TPSA) is 114 Å². The highest BCUT2D eigenvalue weighted by Gasteiger charge is 2.24. The van der Waals surface area contributed by atoms with Gasteiger partial charge in [-0.25, -0.2) is 18.1 Å². The Bertz CT molecular complexity index is 1140. The summed E-state index contributed by atoms with van der Waals surface area (Å²) < 4.78 is 25.1. The van der Waals surface area contributed by atoms with Crippen LogP contribution in [0, 0.1) is 17.2 Å². The van der Waals surface area contributed by atoms with Crippen LogP contribution < -0.4 is 5.32 Å². The van der Waals surface area contributed by atoms with Gasteiger partial charge >= 0.3 is 0 Å². The summed E-state index contributed by atoms with van der Waals surface area (Å²) in [6, 6.07) is 9.06. The summed E-state index contributed by atoms with van der Waals surface area (Å²) in [5, 5.41) is 17.5. The molecule has 144 valence electrons. The Hall–Kier alpha value is -2.99. The Morgan fingerprint density at radius 1 is 1.14 bits per heavy atom. The van der Waals surface area contributed by atoms with Crippen LogP contribution in [0.4, 0.5) is 11.6 Å². The van der Waals surface area contributed by atoms with E-state index in [1.165, 1.54) is 6.26 Å². The lowest BCUT2D eigenvalue weighted by Gasteiger charge is -2.25. The summed E-state index contributed by atoms with van der Waals surface area (Å²) in [5.74, 6) is 0.562. The van der Waals surface area contributed by atoms with Crippen LogP contribution in [0.1, 0.15) is 31.7 Å². The number of nitrogens with zero attached hydrogens (tertiary/aromatic N) is 5. The van der Waals surface area contributed by atoms with Crippen molar-refractivity contribution in [2.75, 3.05) is 11.6 Å². The predicted molar refractivity (Wildman–Crippen MR) is 105 cm³/mol. The summed E-state index contributed by atoms with van der Waals surface area (Å²) in [4.78, 5) is 9.20. The van der Waals surface area contributed by atoms with Gasteiger partial charge in [-0.05, 0) is 49.9 Å². The summed E-state index contributed by atoms with van der Waals surface area (Å²) in [5.41, 5.74) is 1.46. The van der Waals surface area contributed by atoms with E-state index < -0.39 is 9.84 Å². The molecule has 1 aliphatic carbocycles. The van der Waals surface area contributed by atoms with E-state index in [9.17, 15) is 8.42 Å². The summed E-state index contributed by atoms with van der Waals surface area (Å²) >= 11 is 0. The Kier molecular flexibility index (Phi) is 4.73. The molecular weight excluding hydrogens is 376 g/mol. The Morgan fingerprint density at radius 2 is 1.86 bits per heavy atom. The molecule has 9 heteroatoms. The second-order valence-corrected chi connectivity index (χ2v) is 9.13. The van der Waals surface area contributed by atoms with E-state index in [0.29, 0.717) is 11.6 Å². The fourth-order valence-corrected chi connectivity index (χ4v) is 4.16. The summed E-state index contributed by atoms with van der Waals surface area (Å²) in [7, 11) is -3.23. The van der Waals surface area contributed by atoms with E-state index in [-0.39, 0.29) is 16.9 Å². The van der Waals surface area contributed by atoms with Gasteiger partial charge in [-0.15, -0.1) is 0 Å². The Balaban J connectivity index is 1.57. The SMILES string of the molecule is CS(=O)(=O)c1ccc(Nc2ncc3cnn(C4CCC(C#N)CC4)c3n2)cc1. The molecule has 3 aromatic rings. The molecule has 1 saturated carbocycles. The minimum absolute atomic E-state index is 0.139. The highest BCUT2D eigenvalue weighted by Crippen LogP contribution is 2.33. The largest absolute Gasteiger partial charge is 0.324 e. The van der Waals surface area contributed by atoms with E-state index in [0.717, 1.165) is 36.7 Å². The zero-order chi connectivity index (χ0) is 19.7. The third-order valence-corrected chi connectivity index (χ3v) is 6.23. The average molecular weight is 396 g/mol. The molecule has 1 aromatic carbocycles. The van der Waals surface area contributed by atoms with E-state index in [1.807, 2.05) is 4.68 Å². The van der Waals surface area contributed by atoms with Crippen LogP contribution in [0.25, 0.3) is 11.0 Å². The lowest BCUT2D eigenvalue weighted by molar-refractivity contribution is 0.299. The van der Waals surface area contributed by atoms with Gasteiger partial charge < -0.3 is 5.32 Å². The molecule has 1 fully saturated rings. The number of aromatic nitrogens is 4. The zero-order valence-electron chi connectivity index (χ0n) is 15.4. The first kappa shape index (κ1) is 18.4. The minimum atomic E-state index is -3.23.